The lowest BCUT2D eigenvalue weighted by atomic mass is 10.2. The number of carbonyl (C=O) groups is 2. The van der Waals surface area contributed by atoms with Gasteiger partial charge in [0, 0.05) is 6.04 Å². The van der Waals surface area contributed by atoms with Crippen LogP contribution in [0.1, 0.15) is 34.9 Å². The van der Waals surface area contributed by atoms with Gasteiger partial charge < -0.3 is 15.6 Å². The lowest BCUT2D eigenvalue weighted by Crippen LogP contribution is -2.39. The van der Waals surface area contributed by atoms with Crippen molar-refractivity contribution in [3.05, 3.63) is 26.6 Å². The Bertz CT molecular complexity index is 826. The maximum absolute atomic E-state index is 12.3. The van der Waals surface area contributed by atoms with E-state index in [1.807, 2.05) is 20.1 Å². The molecule has 0 saturated heterocycles. The average molecular weight is 368 g/mol. The second-order valence-corrected chi connectivity index (χ2v) is 7.45. The van der Waals surface area contributed by atoms with Crippen molar-refractivity contribution in [1.29, 1.82) is 0 Å². The number of fused-ring (bicyclic) bond motifs is 1. The summed E-state index contributed by atoms with van der Waals surface area (Å²) in [6.45, 7) is 5.30. The van der Waals surface area contributed by atoms with Crippen molar-refractivity contribution in [2.45, 2.75) is 32.6 Å². The van der Waals surface area contributed by atoms with Crippen molar-refractivity contribution in [2.24, 2.45) is 0 Å². The number of amides is 2. The number of aromatic nitrogens is 2. The SMILES string of the molecule is CSCc1nc2sc(C(=O)NCC(=O)NC(C)C)c(C)c2c(=O)[nH]1. The minimum atomic E-state index is -0.375. The Kier molecular flexibility index (Phi) is 6.00. The Balaban J connectivity index is 2.24. The van der Waals surface area contributed by atoms with Crippen molar-refractivity contribution >= 4 is 45.1 Å². The molecule has 0 bridgehead atoms. The normalized spacial score (nSPS) is 11.0. The summed E-state index contributed by atoms with van der Waals surface area (Å²) < 4.78 is 0. The molecule has 0 spiro atoms. The number of H-pyrrole nitrogens is 1. The third kappa shape index (κ3) is 4.15. The molecule has 0 aliphatic heterocycles. The summed E-state index contributed by atoms with van der Waals surface area (Å²) in [5, 5.41) is 5.71. The Morgan fingerprint density at radius 1 is 1.38 bits per heavy atom. The van der Waals surface area contributed by atoms with E-state index in [-0.39, 0.29) is 30.0 Å². The molecule has 2 aromatic rings. The van der Waals surface area contributed by atoms with Crippen LogP contribution in [-0.2, 0) is 10.5 Å². The first-order chi connectivity index (χ1) is 11.3. The smallest absolute Gasteiger partial charge is 0.262 e. The number of carbonyl (C=O) groups excluding carboxylic acids is 2. The van der Waals surface area contributed by atoms with Gasteiger partial charge in [-0.15, -0.1) is 11.3 Å². The molecule has 24 heavy (non-hydrogen) atoms. The van der Waals surface area contributed by atoms with Crippen LogP contribution in [0.2, 0.25) is 0 Å². The highest BCUT2D eigenvalue weighted by atomic mass is 32.2. The fraction of sp³-hybridized carbons (Fsp3) is 0.467. The standard InChI is InChI=1S/C15H20N4O3S2/c1-7(2)17-10(20)5-16-14(22)12-8(3)11-13(21)18-9(6-23-4)19-15(11)24-12/h7H,5-6H2,1-4H3,(H,16,22)(H,17,20)(H,18,19,21). The maximum atomic E-state index is 12.3. The number of nitrogens with zero attached hydrogens (tertiary/aromatic N) is 1. The summed E-state index contributed by atoms with van der Waals surface area (Å²) in [6, 6.07) is 0.0121. The number of thiophene rings is 1. The van der Waals surface area contributed by atoms with Crippen molar-refractivity contribution in [2.75, 3.05) is 12.8 Å². The van der Waals surface area contributed by atoms with Gasteiger partial charge in [0.05, 0.1) is 22.6 Å². The second kappa shape index (κ2) is 7.80. The molecule has 0 saturated carbocycles. The Labute approximate surface area is 147 Å². The van der Waals surface area contributed by atoms with Crippen molar-refractivity contribution in [3.8, 4) is 0 Å². The van der Waals surface area contributed by atoms with E-state index in [1.165, 1.54) is 11.3 Å². The molecule has 0 atom stereocenters. The number of hydrogen-bond acceptors (Lipinski definition) is 6. The van der Waals surface area contributed by atoms with Gasteiger partial charge in [-0.25, -0.2) is 4.98 Å². The zero-order chi connectivity index (χ0) is 17.9. The van der Waals surface area contributed by atoms with Crippen LogP contribution in [0.4, 0.5) is 0 Å². The molecular weight excluding hydrogens is 348 g/mol. The van der Waals surface area contributed by atoms with Crippen LogP contribution in [0.3, 0.4) is 0 Å². The number of hydrogen-bond donors (Lipinski definition) is 3. The monoisotopic (exact) mass is 368 g/mol. The van der Waals surface area contributed by atoms with Gasteiger partial charge in [-0.2, -0.15) is 11.8 Å². The van der Waals surface area contributed by atoms with E-state index in [9.17, 15) is 14.4 Å². The van der Waals surface area contributed by atoms with Gasteiger partial charge in [0.15, 0.2) is 0 Å². The number of thioether (sulfide) groups is 1. The average Bonchev–Trinajstić information content (AvgIpc) is 2.82. The summed E-state index contributed by atoms with van der Waals surface area (Å²) in [6.07, 6.45) is 1.92. The van der Waals surface area contributed by atoms with Crippen molar-refractivity contribution < 1.29 is 9.59 Å². The highest BCUT2D eigenvalue weighted by Gasteiger charge is 2.19. The number of nitrogens with one attached hydrogen (secondary N) is 3. The topological polar surface area (TPSA) is 104 Å². The number of aryl methyl sites for hydroxylation is 1. The van der Waals surface area contributed by atoms with Crippen LogP contribution >= 0.6 is 23.1 Å². The highest BCUT2D eigenvalue weighted by Crippen LogP contribution is 2.27. The first kappa shape index (κ1) is 18.5. The largest absolute Gasteiger partial charge is 0.352 e. The van der Waals surface area contributed by atoms with Crippen LogP contribution < -0.4 is 16.2 Å². The Morgan fingerprint density at radius 3 is 2.71 bits per heavy atom. The van der Waals surface area contributed by atoms with Crippen LogP contribution in [-0.4, -0.2) is 40.6 Å². The molecule has 0 fully saturated rings. The van der Waals surface area contributed by atoms with E-state index in [0.29, 0.717) is 32.2 Å². The van der Waals surface area contributed by atoms with E-state index in [2.05, 4.69) is 20.6 Å². The number of rotatable bonds is 6. The minimum absolute atomic E-state index is 0.0121. The van der Waals surface area contributed by atoms with E-state index in [0.717, 1.165) is 0 Å². The summed E-state index contributed by atoms with van der Waals surface area (Å²) in [7, 11) is 0. The third-order valence-corrected chi connectivity index (χ3v) is 4.94. The minimum Gasteiger partial charge on any atom is -0.352 e. The second-order valence-electron chi connectivity index (χ2n) is 5.59. The predicted molar refractivity (Wildman–Crippen MR) is 97.8 cm³/mol. The molecule has 2 rings (SSSR count). The zero-order valence-electron chi connectivity index (χ0n) is 14.0. The molecule has 2 aromatic heterocycles. The molecular formula is C15H20N4O3S2. The predicted octanol–water partition coefficient (Wildman–Crippen LogP) is 1.41. The number of aromatic amines is 1. The summed E-state index contributed by atoms with van der Waals surface area (Å²) in [4.78, 5) is 44.3. The first-order valence-electron chi connectivity index (χ1n) is 7.42. The zero-order valence-corrected chi connectivity index (χ0v) is 15.6. The molecule has 0 aliphatic carbocycles. The molecule has 2 amide bonds. The van der Waals surface area contributed by atoms with Crippen LogP contribution in [0.25, 0.3) is 10.2 Å². The summed E-state index contributed by atoms with van der Waals surface area (Å²) >= 11 is 2.72. The van der Waals surface area contributed by atoms with Crippen molar-refractivity contribution in [3.63, 3.8) is 0 Å². The van der Waals surface area contributed by atoms with Gasteiger partial charge in [0.25, 0.3) is 11.5 Å². The lowest BCUT2D eigenvalue weighted by molar-refractivity contribution is -0.120. The Hall–Kier alpha value is -1.87. The molecule has 0 radical (unpaired) electrons. The van der Waals surface area contributed by atoms with E-state index >= 15 is 0 Å². The van der Waals surface area contributed by atoms with Crippen molar-refractivity contribution in [1.82, 2.24) is 20.6 Å². The van der Waals surface area contributed by atoms with Gasteiger partial charge in [-0.3, -0.25) is 14.4 Å². The molecule has 7 nitrogen and oxygen atoms in total. The fourth-order valence-corrected chi connectivity index (χ4v) is 3.75. The molecule has 3 N–H and O–H groups in total. The molecule has 0 unspecified atom stereocenters. The van der Waals surface area contributed by atoms with Gasteiger partial charge in [-0.05, 0) is 32.6 Å². The van der Waals surface area contributed by atoms with E-state index in [1.54, 1.807) is 18.7 Å². The Morgan fingerprint density at radius 2 is 2.08 bits per heavy atom. The van der Waals surface area contributed by atoms with Gasteiger partial charge in [-0.1, -0.05) is 0 Å². The maximum Gasteiger partial charge on any atom is 0.262 e. The molecule has 0 aromatic carbocycles. The fourth-order valence-electron chi connectivity index (χ4n) is 2.22. The summed E-state index contributed by atoms with van der Waals surface area (Å²) in [5.74, 6) is 0.555. The summed E-state index contributed by atoms with van der Waals surface area (Å²) in [5.41, 5.74) is 0.343. The van der Waals surface area contributed by atoms with Crippen LogP contribution in [0.5, 0.6) is 0 Å². The first-order valence-corrected chi connectivity index (χ1v) is 9.63. The molecule has 9 heteroatoms. The quantitative estimate of drug-likeness (QED) is 0.715. The van der Waals surface area contributed by atoms with Gasteiger partial charge in [0.2, 0.25) is 5.91 Å². The molecule has 130 valence electrons. The van der Waals surface area contributed by atoms with E-state index in [4.69, 9.17) is 0 Å². The van der Waals surface area contributed by atoms with Gasteiger partial charge >= 0.3 is 0 Å². The molecule has 0 aliphatic rings. The highest BCUT2D eigenvalue weighted by molar-refractivity contribution is 7.97. The van der Waals surface area contributed by atoms with Crippen LogP contribution in [0, 0.1) is 6.92 Å². The lowest BCUT2D eigenvalue weighted by Gasteiger charge is -2.08. The third-order valence-electron chi connectivity index (χ3n) is 3.20. The van der Waals surface area contributed by atoms with Gasteiger partial charge in [0.1, 0.15) is 10.7 Å². The van der Waals surface area contributed by atoms with Crippen LogP contribution in [0.15, 0.2) is 4.79 Å². The van der Waals surface area contributed by atoms with E-state index < -0.39 is 0 Å². The molecule has 2 heterocycles.